The highest BCUT2D eigenvalue weighted by Gasteiger charge is 2.18. The second-order valence-electron chi connectivity index (χ2n) is 10.4. The van der Waals surface area contributed by atoms with Crippen LogP contribution in [-0.4, -0.2) is 41.0 Å². The number of pyridine rings is 3. The fourth-order valence-corrected chi connectivity index (χ4v) is 4.47. The molecular formula is C29H26N8O. The van der Waals surface area contributed by atoms with Crippen molar-refractivity contribution in [2.75, 3.05) is 5.32 Å². The maximum absolute atomic E-state index is 12.4. The van der Waals surface area contributed by atoms with Crippen molar-refractivity contribution in [3.8, 4) is 33.9 Å². The van der Waals surface area contributed by atoms with Gasteiger partial charge in [0.15, 0.2) is 11.5 Å². The van der Waals surface area contributed by atoms with Crippen LogP contribution in [0.15, 0.2) is 73.3 Å². The van der Waals surface area contributed by atoms with E-state index in [2.05, 4.69) is 30.5 Å². The lowest BCUT2D eigenvalue weighted by Gasteiger charge is -2.17. The van der Waals surface area contributed by atoms with Crippen LogP contribution < -0.4 is 5.32 Å². The predicted octanol–water partition coefficient (Wildman–Crippen LogP) is 6.00. The zero-order chi connectivity index (χ0) is 26.3. The summed E-state index contributed by atoms with van der Waals surface area (Å²) in [5.74, 6) is 0.576. The van der Waals surface area contributed by atoms with Crippen LogP contribution in [0.2, 0.25) is 0 Å². The third-order valence-electron chi connectivity index (χ3n) is 6.14. The molecule has 6 rings (SSSR count). The zero-order valence-corrected chi connectivity index (χ0v) is 21.3. The number of para-hydroxylation sites is 1. The van der Waals surface area contributed by atoms with Crippen molar-refractivity contribution in [2.24, 2.45) is 5.41 Å². The van der Waals surface area contributed by atoms with E-state index in [0.29, 0.717) is 34.8 Å². The number of amides is 1. The van der Waals surface area contributed by atoms with Gasteiger partial charge in [0.1, 0.15) is 5.52 Å². The lowest BCUT2D eigenvalue weighted by Crippen LogP contribution is -2.19. The molecule has 188 valence electrons. The van der Waals surface area contributed by atoms with Crippen LogP contribution in [0.5, 0.6) is 0 Å². The van der Waals surface area contributed by atoms with Gasteiger partial charge in [0, 0.05) is 36.1 Å². The van der Waals surface area contributed by atoms with Crippen LogP contribution in [-0.2, 0) is 4.79 Å². The van der Waals surface area contributed by atoms with Crippen molar-refractivity contribution in [3.05, 3.63) is 73.3 Å². The van der Waals surface area contributed by atoms with Gasteiger partial charge in [-0.2, -0.15) is 5.10 Å². The first kappa shape index (κ1) is 23.5. The molecule has 0 spiro atoms. The number of imidazole rings is 1. The summed E-state index contributed by atoms with van der Waals surface area (Å²) in [6.45, 7) is 6.10. The van der Waals surface area contributed by atoms with Gasteiger partial charge >= 0.3 is 0 Å². The summed E-state index contributed by atoms with van der Waals surface area (Å²) in [5.41, 5.74) is 7.95. The van der Waals surface area contributed by atoms with Crippen LogP contribution in [0.3, 0.4) is 0 Å². The molecule has 9 nitrogen and oxygen atoms in total. The Morgan fingerprint density at radius 3 is 2.55 bits per heavy atom. The molecule has 9 heteroatoms. The van der Waals surface area contributed by atoms with E-state index in [1.807, 2.05) is 69.3 Å². The van der Waals surface area contributed by atoms with Crippen LogP contribution >= 0.6 is 0 Å². The number of H-pyrrole nitrogens is 2. The van der Waals surface area contributed by atoms with Gasteiger partial charge in [0.05, 0.1) is 34.1 Å². The zero-order valence-electron chi connectivity index (χ0n) is 21.3. The quantitative estimate of drug-likeness (QED) is 0.265. The molecule has 0 fully saturated rings. The average Bonchev–Trinajstić information content (AvgIpc) is 3.51. The summed E-state index contributed by atoms with van der Waals surface area (Å²) in [7, 11) is 0. The van der Waals surface area contributed by atoms with Gasteiger partial charge in [-0.3, -0.25) is 19.9 Å². The molecule has 0 aliphatic rings. The monoisotopic (exact) mass is 502 g/mol. The van der Waals surface area contributed by atoms with Gasteiger partial charge in [-0.15, -0.1) is 0 Å². The summed E-state index contributed by atoms with van der Waals surface area (Å²) in [6, 6.07) is 15.7. The van der Waals surface area contributed by atoms with Crippen molar-refractivity contribution in [1.82, 2.24) is 35.1 Å². The normalized spacial score (nSPS) is 11.8. The van der Waals surface area contributed by atoms with Gasteiger partial charge in [0.25, 0.3) is 0 Å². The van der Waals surface area contributed by atoms with Crippen molar-refractivity contribution in [1.29, 1.82) is 0 Å². The molecule has 0 saturated carbocycles. The minimum absolute atomic E-state index is 0.0481. The summed E-state index contributed by atoms with van der Waals surface area (Å²) in [4.78, 5) is 34.1. The molecule has 1 aromatic carbocycles. The maximum Gasteiger partial charge on any atom is 0.224 e. The minimum atomic E-state index is -0.102. The molecule has 0 bridgehead atoms. The van der Waals surface area contributed by atoms with E-state index >= 15 is 0 Å². The number of nitrogens with zero attached hydrogens (tertiary/aromatic N) is 5. The minimum Gasteiger partial charge on any atom is -0.336 e. The standard InChI is InChI=1S/C29H26N8O/c1-29(2,3)14-24(38)32-19-13-18(15-31-16-19)21-7-8-23-26(33-21)27(37-36-23)28-34-22-6-4-5-20(25(22)35-28)17-9-11-30-12-10-17/h4-13,15-16H,14H2,1-3H3,(H,32,38)(H,34,35)(H,36,37). The molecule has 0 radical (unpaired) electrons. The van der Waals surface area contributed by atoms with E-state index in [0.717, 1.165) is 33.2 Å². The van der Waals surface area contributed by atoms with Crippen LogP contribution in [0, 0.1) is 5.41 Å². The summed E-state index contributed by atoms with van der Waals surface area (Å²) < 4.78 is 0. The molecule has 0 saturated heterocycles. The molecule has 6 aromatic rings. The highest BCUT2D eigenvalue weighted by atomic mass is 16.1. The Morgan fingerprint density at radius 1 is 0.895 bits per heavy atom. The van der Waals surface area contributed by atoms with E-state index in [1.165, 1.54) is 0 Å². The summed E-state index contributed by atoms with van der Waals surface area (Å²) >= 11 is 0. The van der Waals surface area contributed by atoms with E-state index in [4.69, 9.17) is 9.97 Å². The number of aromatic amines is 2. The highest BCUT2D eigenvalue weighted by molar-refractivity contribution is 5.96. The molecule has 0 aliphatic heterocycles. The number of fused-ring (bicyclic) bond motifs is 2. The Morgan fingerprint density at radius 2 is 1.74 bits per heavy atom. The van der Waals surface area contributed by atoms with Crippen LogP contribution in [0.1, 0.15) is 27.2 Å². The largest absolute Gasteiger partial charge is 0.336 e. The van der Waals surface area contributed by atoms with Gasteiger partial charge in [-0.25, -0.2) is 9.97 Å². The number of hydrogen-bond donors (Lipinski definition) is 3. The Bertz CT molecular complexity index is 1780. The van der Waals surface area contributed by atoms with Crippen molar-refractivity contribution < 1.29 is 4.79 Å². The lowest BCUT2D eigenvalue weighted by molar-refractivity contribution is -0.117. The van der Waals surface area contributed by atoms with Crippen LogP contribution in [0.25, 0.3) is 56.0 Å². The maximum atomic E-state index is 12.4. The Labute approximate surface area is 218 Å². The van der Waals surface area contributed by atoms with Crippen molar-refractivity contribution in [2.45, 2.75) is 27.2 Å². The van der Waals surface area contributed by atoms with Crippen molar-refractivity contribution >= 4 is 33.7 Å². The predicted molar refractivity (Wildman–Crippen MR) is 148 cm³/mol. The first-order valence-corrected chi connectivity index (χ1v) is 12.3. The molecule has 5 heterocycles. The number of benzene rings is 1. The summed E-state index contributed by atoms with van der Waals surface area (Å²) in [5, 5.41) is 10.5. The fraction of sp³-hybridized carbons (Fsp3) is 0.172. The topological polar surface area (TPSA) is 125 Å². The molecule has 1 amide bonds. The van der Waals surface area contributed by atoms with Gasteiger partial charge < -0.3 is 10.3 Å². The van der Waals surface area contributed by atoms with Gasteiger partial charge in [-0.1, -0.05) is 32.9 Å². The van der Waals surface area contributed by atoms with Crippen LogP contribution in [0.4, 0.5) is 5.69 Å². The van der Waals surface area contributed by atoms with E-state index in [1.54, 1.807) is 24.8 Å². The SMILES string of the molecule is CC(C)(C)CC(=O)Nc1cncc(-c2ccc3[nH]nc(-c4nc5c(-c6ccncc6)cccc5[nH]4)c3n2)c1. The molecule has 3 N–H and O–H groups in total. The van der Waals surface area contributed by atoms with Crippen molar-refractivity contribution in [3.63, 3.8) is 0 Å². The number of carbonyl (C=O) groups is 1. The molecule has 0 atom stereocenters. The number of rotatable bonds is 5. The smallest absolute Gasteiger partial charge is 0.224 e. The lowest BCUT2D eigenvalue weighted by atomic mass is 9.92. The number of hydrogen-bond acceptors (Lipinski definition) is 6. The second kappa shape index (κ2) is 9.19. The third-order valence-corrected chi connectivity index (χ3v) is 6.14. The molecule has 5 aromatic heterocycles. The Balaban J connectivity index is 1.36. The van der Waals surface area contributed by atoms with E-state index in [-0.39, 0.29) is 11.3 Å². The van der Waals surface area contributed by atoms with Gasteiger partial charge in [-0.05, 0) is 47.4 Å². The number of carbonyl (C=O) groups excluding carboxylic acids is 1. The van der Waals surface area contributed by atoms with Gasteiger partial charge in [0.2, 0.25) is 5.91 Å². The fourth-order valence-electron chi connectivity index (χ4n) is 4.47. The first-order valence-electron chi connectivity index (χ1n) is 12.3. The Hall–Kier alpha value is -4.92. The van der Waals surface area contributed by atoms with E-state index in [9.17, 15) is 4.79 Å². The first-order chi connectivity index (χ1) is 18.3. The summed E-state index contributed by atoms with van der Waals surface area (Å²) in [6.07, 6.45) is 7.33. The molecule has 38 heavy (non-hydrogen) atoms. The highest BCUT2D eigenvalue weighted by Crippen LogP contribution is 2.32. The molecular weight excluding hydrogens is 476 g/mol. The third kappa shape index (κ3) is 4.61. The Kier molecular flexibility index (Phi) is 5.68. The average molecular weight is 503 g/mol. The molecule has 0 aliphatic carbocycles. The molecule has 0 unspecified atom stereocenters. The second-order valence-corrected chi connectivity index (χ2v) is 10.4. The number of anilines is 1. The number of nitrogens with one attached hydrogen (secondary N) is 3. The number of aromatic nitrogens is 7. The van der Waals surface area contributed by atoms with E-state index < -0.39 is 0 Å².